The van der Waals surface area contributed by atoms with E-state index >= 15 is 0 Å². The normalized spacial score (nSPS) is 11.1. The van der Waals surface area contributed by atoms with Crippen molar-refractivity contribution >= 4 is 11.6 Å². The van der Waals surface area contributed by atoms with Gasteiger partial charge >= 0.3 is 0 Å². The van der Waals surface area contributed by atoms with Gasteiger partial charge in [0.25, 0.3) is 0 Å². The predicted octanol–water partition coefficient (Wildman–Crippen LogP) is 2.02. The van der Waals surface area contributed by atoms with Crippen LogP contribution in [0.1, 0.15) is 20.8 Å². The molecule has 1 aromatic carbocycles. The van der Waals surface area contributed by atoms with E-state index in [1.807, 2.05) is 45.0 Å². The Morgan fingerprint density at radius 1 is 1.29 bits per heavy atom. The van der Waals surface area contributed by atoms with Gasteiger partial charge in [-0.25, -0.2) is 0 Å². The first-order valence-corrected chi connectivity index (χ1v) is 5.65. The summed E-state index contributed by atoms with van der Waals surface area (Å²) in [5.74, 6) is 0.599. The molecule has 0 saturated heterocycles. The Morgan fingerprint density at radius 2 is 1.94 bits per heavy atom. The second kappa shape index (κ2) is 5.68. The van der Waals surface area contributed by atoms with E-state index in [0.29, 0.717) is 11.4 Å². The molecular weight excluding hydrogens is 216 g/mol. The summed E-state index contributed by atoms with van der Waals surface area (Å²) in [7, 11) is 1.73. The number of likely N-dealkylation sites (N-methyl/N-ethyl adjacent to an activating group) is 1. The van der Waals surface area contributed by atoms with Crippen molar-refractivity contribution in [3.8, 4) is 5.75 Å². The molecule has 0 heterocycles. The molecule has 1 amide bonds. The molecule has 0 fully saturated rings. The third-order valence-electron chi connectivity index (χ3n) is 1.91. The fraction of sp³-hybridized carbons (Fsp3) is 0.462. The van der Waals surface area contributed by atoms with Crippen molar-refractivity contribution in [1.29, 1.82) is 0 Å². The van der Waals surface area contributed by atoms with Gasteiger partial charge < -0.3 is 15.4 Å². The molecule has 94 valence electrons. The topological polar surface area (TPSA) is 50.4 Å². The van der Waals surface area contributed by atoms with E-state index in [1.165, 1.54) is 0 Å². The number of para-hydroxylation sites is 2. The smallest absolute Gasteiger partial charge is 0.238 e. The molecule has 4 nitrogen and oxygen atoms in total. The third-order valence-corrected chi connectivity index (χ3v) is 1.91. The highest BCUT2D eigenvalue weighted by Gasteiger charge is 2.15. The number of carbonyl (C=O) groups excluding carboxylic acids is 1. The van der Waals surface area contributed by atoms with Crippen LogP contribution in [0.25, 0.3) is 0 Å². The summed E-state index contributed by atoms with van der Waals surface area (Å²) in [5, 5.41) is 5.61. The van der Waals surface area contributed by atoms with Gasteiger partial charge in [0, 0.05) is 0 Å². The molecule has 17 heavy (non-hydrogen) atoms. The standard InChI is InChI=1S/C13H20N2O2/c1-13(2,3)17-11-8-6-5-7-10(11)15-12(16)9-14-4/h5-8,14H,9H2,1-4H3,(H,15,16). The number of anilines is 1. The molecule has 0 spiro atoms. The predicted molar refractivity (Wildman–Crippen MR) is 69.4 cm³/mol. The molecule has 0 aliphatic heterocycles. The van der Waals surface area contributed by atoms with Gasteiger partial charge in [0.05, 0.1) is 12.2 Å². The lowest BCUT2D eigenvalue weighted by atomic mass is 10.2. The number of rotatable bonds is 4. The van der Waals surface area contributed by atoms with Crippen molar-refractivity contribution in [2.75, 3.05) is 18.9 Å². The Bertz CT molecular complexity index is 383. The molecule has 1 rings (SSSR count). The molecule has 4 heteroatoms. The van der Waals surface area contributed by atoms with Gasteiger partial charge in [-0.05, 0) is 40.0 Å². The minimum absolute atomic E-state index is 0.0857. The monoisotopic (exact) mass is 236 g/mol. The van der Waals surface area contributed by atoms with Crippen molar-refractivity contribution in [2.24, 2.45) is 0 Å². The van der Waals surface area contributed by atoms with Crippen LogP contribution in [0, 0.1) is 0 Å². The summed E-state index contributed by atoms with van der Waals surface area (Å²) >= 11 is 0. The second-order valence-electron chi connectivity index (χ2n) is 4.79. The molecule has 0 aromatic heterocycles. The molecule has 0 unspecified atom stereocenters. The maximum Gasteiger partial charge on any atom is 0.238 e. The van der Waals surface area contributed by atoms with E-state index in [-0.39, 0.29) is 18.1 Å². The molecule has 0 radical (unpaired) electrons. The zero-order valence-electron chi connectivity index (χ0n) is 10.8. The molecule has 0 aliphatic carbocycles. The lowest BCUT2D eigenvalue weighted by molar-refractivity contribution is -0.115. The van der Waals surface area contributed by atoms with Crippen LogP contribution < -0.4 is 15.4 Å². The summed E-state index contributed by atoms with van der Waals surface area (Å²) in [6.45, 7) is 6.20. The number of benzene rings is 1. The second-order valence-corrected chi connectivity index (χ2v) is 4.79. The first-order valence-electron chi connectivity index (χ1n) is 5.65. The Kier molecular flexibility index (Phi) is 4.52. The largest absolute Gasteiger partial charge is 0.486 e. The van der Waals surface area contributed by atoms with Gasteiger partial charge in [0.1, 0.15) is 11.4 Å². The quantitative estimate of drug-likeness (QED) is 0.841. The Morgan fingerprint density at radius 3 is 2.53 bits per heavy atom. The van der Waals surface area contributed by atoms with Crippen molar-refractivity contribution in [3.05, 3.63) is 24.3 Å². The summed E-state index contributed by atoms with van der Waals surface area (Å²) < 4.78 is 5.78. The summed E-state index contributed by atoms with van der Waals surface area (Å²) in [6, 6.07) is 7.42. The number of hydrogen-bond acceptors (Lipinski definition) is 3. The summed E-state index contributed by atoms with van der Waals surface area (Å²) in [5.41, 5.74) is 0.409. The molecule has 2 N–H and O–H groups in total. The zero-order valence-corrected chi connectivity index (χ0v) is 10.8. The average Bonchev–Trinajstić information content (AvgIpc) is 2.19. The maximum atomic E-state index is 11.5. The molecule has 1 aromatic rings. The minimum atomic E-state index is -0.288. The lowest BCUT2D eigenvalue weighted by Gasteiger charge is -2.23. The maximum absolute atomic E-state index is 11.5. The fourth-order valence-corrected chi connectivity index (χ4v) is 1.34. The van der Waals surface area contributed by atoms with E-state index in [9.17, 15) is 4.79 Å². The van der Waals surface area contributed by atoms with Crippen LogP contribution in [-0.2, 0) is 4.79 Å². The van der Waals surface area contributed by atoms with Gasteiger partial charge in [-0.15, -0.1) is 0 Å². The summed E-state index contributed by atoms with van der Waals surface area (Å²) in [4.78, 5) is 11.5. The van der Waals surface area contributed by atoms with Crippen molar-refractivity contribution < 1.29 is 9.53 Å². The fourth-order valence-electron chi connectivity index (χ4n) is 1.34. The Hall–Kier alpha value is -1.55. The molecule has 0 atom stereocenters. The van der Waals surface area contributed by atoms with Gasteiger partial charge in [0.2, 0.25) is 5.91 Å². The highest BCUT2D eigenvalue weighted by atomic mass is 16.5. The third kappa shape index (κ3) is 4.87. The van der Waals surface area contributed by atoms with Gasteiger partial charge in [-0.2, -0.15) is 0 Å². The first-order chi connectivity index (χ1) is 7.92. The minimum Gasteiger partial charge on any atom is -0.486 e. The highest BCUT2D eigenvalue weighted by Crippen LogP contribution is 2.27. The Balaban J connectivity index is 2.81. The van der Waals surface area contributed by atoms with E-state index in [0.717, 1.165) is 0 Å². The Labute approximate surface area is 102 Å². The molecular formula is C13H20N2O2. The van der Waals surface area contributed by atoms with E-state index in [1.54, 1.807) is 7.05 Å². The van der Waals surface area contributed by atoms with Crippen molar-refractivity contribution in [2.45, 2.75) is 26.4 Å². The SMILES string of the molecule is CNCC(=O)Nc1ccccc1OC(C)(C)C. The van der Waals surface area contributed by atoms with E-state index in [2.05, 4.69) is 10.6 Å². The van der Waals surface area contributed by atoms with Crippen LogP contribution in [0.2, 0.25) is 0 Å². The van der Waals surface area contributed by atoms with Crippen molar-refractivity contribution in [1.82, 2.24) is 5.32 Å². The lowest BCUT2D eigenvalue weighted by Crippen LogP contribution is -2.27. The molecule has 0 aliphatic rings. The number of hydrogen-bond donors (Lipinski definition) is 2. The molecule has 0 bridgehead atoms. The zero-order chi connectivity index (χ0) is 12.9. The number of carbonyl (C=O) groups is 1. The summed E-state index contributed by atoms with van der Waals surface area (Å²) in [6.07, 6.45) is 0. The van der Waals surface area contributed by atoms with E-state index < -0.39 is 0 Å². The van der Waals surface area contributed by atoms with Crippen LogP contribution in [0.4, 0.5) is 5.69 Å². The van der Waals surface area contributed by atoms with Crippen LogP contribution in [-0.4, -0.2) is 25.1 Å². The van der Waals surface area contributed by atoms with Gasteiger partial charge in [-0.3, -0.25) is 4.79 Å². The van der Waals surface area contributed by atoms with Crippen LogP contribution >= 0.6 is 0 Å². The van der Waals surface area contributed by atoms with Crippen molar-refractivity contribution in [3.63, 3.8) is 0 Å². The highest BCUT2D eigenvalue weighted by molar-refractivity contribution is 5.93. The first kappa shape index (κ1) is 13.5. The van der Waals surface area contributed by atoms with Crippen LogP contribution in [0.15, 0.2) is 24.3 Å². The van der Waals surface area contributed by atoms with Crippen LogP contribution in [0.5, 0.6) is 5.75 Å². The average molecular weight is 236 g/mol. The van der Waals surface area contributed by atoms with Gasteiger partial charge in [-0.1, -0.05) is 12.1 Å². The number of amides is 1. The number of ether oxygens (including phenoxy) is 1. The van der Waals surface area contributed by atoms with Gasteiger partial charge in [0.15, 0.2) is 0 Å². The molecule has 0 saturated carbocycles. The number of nitrogens with one attached hydrogen (secondary N) is 2. The van der Waals surface area contributed by atoms with E-state index in [4.69, 9.17) is 4.74 Å². The van der Waals surface area contributed by atoms with Crippen LogP contribution in [0.3, 0.4) is 0 Å².